The van der Waals surface area contributed by atoms with Crippen molar-refractivity contribution >= 4 is 0 Å². The van der Waals surface area contributed by atoms with Crippen LogP contribution >= 0.6 is 0 Å². The van der Waals surface area contributed by atoms with Crippen molar-refractivity contribution < 1.29 is 0 Å². The summed E-state index contributed by atoms with van der Waals surface area (Å²) >= 11 is 0. The Kier molecular flexibility index (Phi) is 37.9. The highest BCUT2D eigenvalue weighted by Gasteiger charge is 2.30. The molecule has 7 heteroatoms. The largest absolute Gasteiger partial charge is 0.331 e. The minimum absolute atomic E-state index is 0.733. The van der Waals surface area contributed by atoms with Gasteiger partial charge in [0.15, 0.2) is 0 Å². The second-order valence-electron chi connectivity index (χ2n) is 9.99. The van der Waals surface area contributed by atoms with Crippen LogP contribution < -0.4 is 39.7 Å². The Hall–Kier alpha value is -0.720. The molecule has 3 aliphatic carbocycles. The minimum Gasteiger partial charge on any atom is -0.331 e. The summed E-state index contributed by atoms with van der Waals surface area (Å²) in [7, 11) is 0. The second-order valence-corrected chi connectivity index (χ2v) is 9.99. The van der Waals surface area contributed by atoms with Gasteiger partial charge in [-0.3, -0.25) is 0 Å². The second kappa shape index (κ2) is 34.3. The molecule has 0 radical (unpaired) electrons. The summed E-state index contributed by atoms with van der Waals surface area (Å²) in [4.78, 5) is 0. The third kappa shape index (κ3) is 29.5. The summed E-state index contributed by atoms with van der Waals surface area (Å²) in [6.07, 6.45) is 21.3. The maximum atomic E-state index is 5.58. The van der Waals surface area contributed by atoms with E-state index >= 15 is 0 Å². The Balaban J connectivity index is -0.000000392. The number of hydrogen-bond acceptors (Lipinski definition) is 7. The Morgan fingerprint density at radius 3 is 1.42 bits per heavy atom. The first-order valence-corrected chi connectivity index (χ1v) is 14.8. The van der Waals surface area contributed by atoms with Crippen LogP contribution in [0.5, 0.6) is 0 Å². The maximum absolute atomic E-state index is 5.58. The molecule has 13 N–H and O–H groups in total. The first-order chi connectivity index (χ1) is 17.5. The number of fused-ring (bicyclic) bond motifs is 2. The monoisotopic (exact) mass is 514 g/mol. The van der Waals surface area contributed by atoms with Gasteiger partial charge in [-0.15, -0.1) is 12.3 Å². The van der Waals surface area contributed by atoms with Crippen LogP contribution in [-0.4, -0.2) is 52.4 Å². The molecule has 3 rings (SSSR count). The molecule has 0 aromatic heterocycles. The average molecular weight is 514 g/mol. The molecule has 3 aliphatic rings. The van der Waals surface area contributed by atoms with Gasteiger partial charge in [0.2, 0.25) is 0 Å². The van der Waals surface area contributed by atoms with Crippen LogP contribution in [0.15, 0.2) is 0 Å². The van der Waals surface area contributed by atoms with E-state index in [1.54, 1.807) is 39.0 Å². The van der Waals surface area contributed by atoms with Crippen LogP contribution in [0.3, 0.4) is 0 Å². The molecule has 7 nitrogen and oxygen atoms in total. The quantitative estimate of drug-likeness (QED) is 0.183. The lowest BCUT2D eigenvalue weighted by molar-refractivity contribution is 0.277. The molecule has 0 amide bonds. The van der Waals surface area contributed by atoms with Crippen LogP contribution in [-0.2, 0) is 0 Å². The fraction of sp³-hybridized carbons (Fsp3) is 0.931. The van der Waals surface area contributed by atoms with Gasteiger partial charge in [-0.2, -0.15) is 0 Å². The molecule has 218 valence electrons. The van der Waals surface area contributed by atoms with Crippen molar-refractivity contribution in [2.45, 2.75) is 97.8 Å². The van der Waals surface area contributed by atoms with Crippen molar-refractivity contribution in [1.29, 1.82) is 0 Å². The molecule has 3 saturated carbocycles. The van der Waals surface area contributed by atoms with E-state index < -0.39 is 0 Å². The third-order valence-electron chi connectivity index (χ3n) is 6.57. The zero-order chi connectivity index (χ0) is 27.9. The fourth-order valence-corrected chi connectivity index (χ4v) is 4.80. The molecule has 0 saturated heterocycles. The Morgan fingerprint density at radius 2 is 1.11 bits per heavy atom. The van der Waals surface area contributed by atoms with Crippen molar-refractivity contribution in [2.75, 3.05) is 52.4 Å². The lowest BCUT2D eigenvalue weighted by Crippen LogP contribution is -2.26. The zero-order valence-electron chi connectivity index (χ0n) is 24.5. The summed E-state index contributed by atoms with van der Waals surface area (Å²) in [5.41, 5.74) is 31.5. The molecule has 2 unspecified atom stereocenters. The van der Waals surface area contributed by atoms with E-state index in [9.17, 15) is 0 Å². The standard InChI is InChI=1S/C8H18N2.C7H19N3.C7H12.C3H4.2C2H7N/c9-5-7-2-1-3-8(4-7)6-10;8-4-2-1-3-6-10-7-5-9;1-2-7-4-3-6(1)5-7;1-3-2;2*1-2-3/h7-8H,1-6,9-10H2;10H,1-9H2;6-7H,1-5H2;1H,2H3;2*2-3H2,1H3. The van der Waals surface area contributed by atoms with Crippen LogP contribution in [0, 0.1) is 36.0 Å². The number of nitrogens with one attached hydrogen (secondary N) is 1. The number of rotatable bonds is 9. The van der Waals surface area contributed by atoms with E-state index in [1.165, 1.54) is 50.4 Å². The Labute approximate surface area is 226 Å². The zero-order valence-corrected chi connectivity index (χ0v) is 24.5. The van der Waals surface area contributed by atoms with E-state index in [4.69, 9.17) is 34.4 Å². The van der Waals surface area contributed by atoms with Crippen LogP contribution in [0.25, 0.3) is 0 Å². The van der Waals surface area contributed by atoms with Gasteiger partial charge < -0.3 is 39.7 Å². The molecule has 2 atom stereocenters. The molecule has 3 fully saturated rings. The summed E-state index contributed by atoms with van der Waals surface area (Å²) in [5, 5.41) is 3.23. The van der Waals surface area contributed by atoms with Crippen LogP contribution in [0.1, 0.15) is 97.8 Å². The van der Waals surface area contributed by atoms with Gasteiger partial charge in [0.25, 0.3) is 0 Å². The molecule has 0 aliphatic heterocycles. The summed E-state index contributed by atoms with van der Waals surface area (Å²) in [6.45, 7) is 12.2. The fourth-order valence-electron chi connectivity index (χ4n) is 4.80. The molecular weight excluding hydrogens is 446 g/mol. The van der Waals surface area contributed by atoms with Crippen molar-refractivity contribution in [3.8, 4) is 12.3 Å². The van der Waals surface area contributed by atoms with Gasteiger partial charge in [0.1, 0.15) is 0 Å². The highest BCUT2D eigenvalue weighted by atomic mass is 14.9. The van der Waals surface area contributed by atoms with Gasteiger partial charge in [0, 0.05) is 13.1 Å². The minimum atomic E-state index is 0.733. The number of unbranched alkanes of at least 4 members (excludes halogenated alkanes) is 2. The van der Waals surface area contributed by atoms with E-state index in [1.807, 2.05) is 13.8 Å². The highest BCUT2D eigenvalue weighted by Crippen LogP contribution is 2.43. The molecule has 2 bridgehead atoms. The molecular formula is C29H67N7. The summed E-state index contributed by atoms with van der Waals surface area (Å²) < 4.78 is 0. The van der Waals surface area contributed by atoms with Crippen LogP contribution in [0.2, 0.25) is 0 Å². The van der Waals surface area contributed by atoms with Crippen molar-refractivity contribution in [3.05, 3.63) is 0 Å². The lowest BCUT2D eigenvalue weighted by atomic mass is 9.81. The molecule has 0 heterocycles. The topological polar surface area (TPSA) is 168 Å². The normalized spacial score (nSPS) is 22.9. The van der Waals surface area contributed by atoms with Gasteiger partial charge >= 0.3 is 0 Å². The van der Waals surface area contributed by atoms with Gasteiger partial charge in [-0.25, -0.2) is 0 Å². The molecule has 0 spiro atoms. The number of hydrogen-bond donors (Lipinski definition) is 7. The Bertz CT molecular complexity index is 390. The van der Waals surface area contributed by atoms with Gasteiger partial charge in [-0.05, 0) is 108 Å². The lowest BCUT2D eigenvalue weighted by Gasteiger charge is -2.26. The maximum Gasteiger partial charge on any atom is 0.00745 e. The predicted octanol–water partition coefficient (Wildman–Crippen LogP) is 3.14. The first-order valence-electron chi connectivity index (χ1n) is 14.8. The molecule has 0 aromatic rings. The molecule has 36 heavy (non-hydrogen) atoms. The Morgan fingerprint density at radius 1 is 0.667 bits per heavy atom. The summed E-state index contributed by atoms with van der Waals surface area (Å²) in [5.74, 6) is 6.12. The highest BCUT2D eigenvalue weighted by molar-refractivity contribution is 4.82. The number of terminal acetylenes is 1. The summed E-state index contributed by atoms with van der Waals surface area (Å²) in [6, 6.07) is 0. The third-order valence-corrected chi connectivity index (χ3v) is 6.57. The van der Waals surface area contributed by atoms with Crippen molar-refractivity contribution in [3.63, 3.8) is 0 Å². The van der Waals surface area contributed by atoms with E-state index in [0.29, 0.717) is 0 Å². The predicted molar refractivity (Wildman–Crippen MR) is 162 cm³/mol. The van der Waals surface area contributed by atoms with Gasteiger partial charge in [0.05, 0.1) is 0 Å². The van der Waals surface area contributed by atoms with Crippen molar-refractivity contribution in [1.82, 2.24) is 5.32 Å². The van der Waals surface area contributed by atoms with E-state index in [0.717, 1.165) is 70.6 Å². The molecule has 0 aromatic carbocycles. The average Bonchev–Trinajstić information content (AvgIpc) is 3.55. The van der Waals surface area contributed by atoms with E-state index in [-0.39, 0.29) is 0 Å². The van der Waals surface area contributed by atoms with E-state index in [2.05, 4.69) is 17.7 Å². The van der Waals surface area contributed by atoms with Crippen LogP contribution in [0.4, 0.5) is 0 Å². The SMILES string of the molecule is C#CC.C1CC2CCC1C2.CCN.CCN.NCC1CCCC(CN)C1.NCCCCCNCCN. The smallest absolute Gasteiger partial charge is 0.00745 e. The number of nitrogens with two attached hydrogens (primary N) is 6. The van der Waals surface area contributed by atoms with Gasteiger partial charge in [-0.1, -0.05) is 52.4 Å². The van der Waals surface area contributed by atoms with Crippen molar-refractivity contribution in [2.24, 2.45) is 58.1 Å². The first kappa shape index (κ1) is 39.8.